The number of hydrogen-bond acceptors (Lipinski definition) is 9. The van der Waals surface area contributed by atoms with E-state index in [4.69, 9.17) is 18.9 Å². The number of anilines is 1. The zero-order valence-corrected chi connectivity index (χ0v) is 19.0. The Balaban J connectivity index is 3.25. The summed E-state index contributed by atoms with van der Waals surface area (Å²) in [6.45, 7) is 3.80. The van der Waals surface area contributed by atoms with Crippen LogP contribution in [0.2, 0.25) is 0 Å². The molecule has 0 aliphatic carbocycles. The normalized spacial score (nSPS) is 13.2. The molecular formula is C19H22INO9. The predicted molar refractivity (Wildman–Crippen MR) is 111 cm³/mol. The summed E-state index contributed by atoms with van der Waals surface area (Å²) in [7, 11) is 0. The minimum absolute atomic E-state index is 0.392. The molecule has 30 heavy (non-hydrogen) atoms. The summed E-state index contributed by atoms with van der Waals surface area (Å²) in [5, 5.41) is 2.54. The molecule has 0 saturated heterocycles. The van der Waals surface area contributed by atoms with Gasteiger partial charge in [-0.1, -0.05) is 0 Å². The van der Waals surface area contributed by atoms with E-state index in [0.717, 1.165) is 31.3 Å². The van der Waals surface area contributed by atoms with Crippen LogP contribution in [-0.4, -0.2) is 54.7 Å². The van der Waals surface area contributed by atoms with Crippen LogP contribution in [0.15, 0.2) is 24.3 Å². The van der Waals surface area contributed by atoms with E-state index in [9.17, 15) is 24.0 Å². The first-order valence-corrected chi connectivity index (χ1v) is 9.79. The van der Waals surface area contributed by atoms with E-state index in [1.807, 2.05) is 0 Å². The molecule has 164 valence electrons. The second kappa shape index (κ2) is 12.1. The molecule has 11 heteroatoms. The second-order valence-electron chi connectivity index (χ2n) is 6.05. The number of halogens is 1. The number of ether oxygens (including phenoxy) is 4. The summed E-state index contributed by atoms with van der Waals surface area (Å²) < 4.78 is 21.1. The maximum absolute atomic E-state index is 12.9. The van der Waals surface area contributed by atoms with Crippen LogP contribution in [0.25, 0.3) is 0 Å². The molecule has 10 nitrogen and oxygen atoms in total. The summed E-state index contributed by atoms with van der Waals surface area (Å²) in [5.74, 6) is -3.99. The zero-order chi connectivity index (χ0) is 22.8. The number of hydrogen-bond donors (Lipinski definition) is 1. The largest absolute Gasteiger partial charge is 0.462 e. The zero-order valence-electron chi connectivity index (χ0n) is 16.8. The Kier molecular flexibility index (Phi) is 10.2. The third-order valence-corrected chi connectivity index (χ3v) is 4.12. The van der Waals surface area contributed by atoms with Crippen molar-refractivity contribution >= 4 is 58.1 Å². The molecule has 0 aliphatic heterocycles. The number of carbonyl (C=O) groups excluding carboxylic acids is 5. The van der Waals surface area contributed by atoms with Crippen molar-refractivity contribution in [2.75, 3.05) is 11.9 Å². The first-order valence-electron chi connectivity index (χ1n) is 8.71. The predicted octanol–water partition coefficient (Wildman–Crippen LogP) is 1.59. The van der Waals surface area contributed by atoms with Crippen LogP contribution in [0, 0.1) is 3.57 Å². The van der Waals surface area contributed by atoms with Crippen LogP contribution in [0.1, 0.15) is 27.7 Å². The van der Waals surface area contributed by atoms with Gasteiger partial charge < -0.3 is 24.3 Å². The Hall–Kier alpha value is -2.70. The monoisotopic (exact) mass is 535 g/mol. The van der Waals surface area contributed by atoms with Crippen molar-refractivity contribution in [2.24, 2.45) is 0 Å². The maximum atomic E-state index is 12.9. The Morgan fingerprint density at radius 1 is 0.833 bits per heavy atom. The molecule has 3 atom stereocenters. The van der Waals surface area contributed by atoms with E-state index in [1.54, 1.807) is 24.3 Å². The van der Waals surface area contributed by atoms with Crippen LogP contribution >= 0.6 is 22.6 Å². The van der Waals surface area contributed by atoms with E-state index in [0.29, 0.717) is 5.69 Å². The smallest absolute Gasteiger partial charge is 0.303 e. The summed E-state index contributed by atoms with van der Waals surface area (Å²) in [6, 6.07) is 6.72. The summed E-state index contributed by atoms with van der Waals surface area (Å²) in [6.07, 6.45) is -4.66. The van der Waals surface area contributed by atoms with Gasteiger partial charge in [0.15, 0.2) is 12.2 Å². The van der Waals surface area contributed by atoms with Gasteiger partial charge in [-0.15, -0.1) is 0 Å². The molecule has 0 aliphatic rings. The van der Waals surface area contributed by atoms with Gasteiger partial charge in [0.1, 0.15) is 6.61 Å². The van der Waals surface area contributed by atoms with E-state index in [1.165, 1.54) is 0 Å². The number of esters is 4. The average molecular weight is 535 g/mol. The standard InChI is InChI=1S/C19H22INO9/c1-10(22)27-9-16(28-11(2)23)17(29-12(3)24)18(30-13(4)25)19(26)21-15-7-5-14(20)6-8-15/h5-8,16-18H,9H2,1-4H3,(H,21,26)/t16-,17-,18-/m0/s1. The van der Waals surface area contributed by atoms with Gasteiger partial charge in [0.05, 0.1) is 0 Å². The molecule has 0 radical (unpaired) electrons. The van der Waals surface area contributed by atoms with Crippen LogP contribution < -0.4 is 5.32 Å². The van der Waals surface area contributed by atoms with E-state index < -0.39 is 54.7 Å². The van der Waals surface area contributed by atoms with Gasteiger partial charge in [-0.05, 0) is 46.9 Å². The van der Waals surface area contributed by atoms with Crippen LogP contribution in [0.4, 0.5) is 5.69 Å². The van der Waals surface area contributed by atoms with E-state index >= 15 is 0 Å². The molecule has 0 bridgehead atoms. The molecule has 0 fully saturated rings. The van der Waals surface area contributed by atoms with Crippen LogP contribution in [-0.2, 0) is 42.9 Å². The van der Waals surface area contributed by atoms with Crippen molar-refractivity contribution in [1.82, 2.24) is 0 Å². The minimum Gasteiger partial charge on any atom is -0.462 e. The molecule has 0 aromatic heterocycles. The highest BCUT2D eigenvalue weighted by atomic mass is 127. The lowest BCUT2D eigenvalue weighted by Crippen LogP contribution is -2.52. The maximum Gasteiger partial charge on any atom is 0.303 e. The Labute approximate surface area is 186 Å². The van der Waals surface area contributed by atoms with Gasteiger partial charge in [0.2, 0.25) is 6.10 Å². The van der Waals surface area contributed by atoms with Crippen molar-refractivity contribution in [1.29, 1.82) is 0 Å². The molecular weight excluding hydrogens is 513 g/mol. The van der Waals surface area contributed by atoms with Crippen molar-refractivity contribution in [2.45, 2.75) is 46.0 Å². The molecule has 0 spiro atoms. The number of carbonyl (C=O) groups is 5. The Morgan fingerprint density at radius 2 is 1.37 bits per heavy atom. The molecule has 1 N–H and O–H groups in total. The lowest BCUT2D eigenvalue weighted by atomic mass is 10.1. The fourth-order valence-electron chi connectivity index (χ4n) is 2.33. The van der Waals surface area contributed by atoms with E-state index in [2.05, 4.69) is 27.9 Å². The first kappa shape index (κ1) is 25.3. The van der Waals surface area contributed by atoms with E-state index in [-0.39, 0.29) is 0 Å². The van der Waals surface area contributed by atoms with Crippen molar-refractivity contribution in [3.8, 4) is 0 Å². The first-order chi connectivity index (χ1) is 14.0. The molecule has 1 rings (SSSR count). The van der Waals surface area contributed by atoms with Crippen LogP contribution in [0.5, 0.6) is 0 Å². The molecule has 0 unspecified atom stereocenters. The number of rotatable bonds is 9. The van der Waals surface area contributed by atoms with Gasteiger partial charge in [0, 0.05) is 37.0 Å². The highest BCUT2D eigenvalue weighted by Crippen LogP contribution is 2.18. The molecule has 1 aromatic rings. The molecule has 0 saturated carbocycles. The van der Waals surface area contributed by atoms with Gasteiger partial charge in [-0.25, -0.2) is 0 Å². The second-order valence-corrected chi connectivity index (χ2v) is 7.30. The topological polar surface area (TPSA) is 134 Å². The SMILES string of the molecule is CC(=O)OC[C@H](OC(C)=O)[C@H](OC(C)=O)[C@H](OC(C)=O)C(=O)Nc1ccc(I)cc1. The minimum atomic E-state index is -1.69. The van der Waals surface area contributed by atoms with Crippen molar-refractivity contribution in [3.63, 3.8) is 0 Å². The van der Waals surface area contributed by atoms with Gasteiger partial charge in [-0.3, -0.25) is 24.0 Å². The lowest BCUT2D eigenvalue weighted by molar-refractivity contribution is -0.190. The molecule has 1 amide bonds. The average Bonchev–Trinajstić information content (AvgIpc) is 2.62. The lowest BCUT2D eigenvalue weighted by Gasteiger charge is -2.30. The summed E-state index contributed by atoms with van der Waals surface area (Å²) >= 11 is 2.09. The quantitative estimate of drug-likeness (QED) is 0.284. The Morgan fingerprint density at radius 3 is 1.83 bits per heavy atom. The fourth-order valence-corrected chi connectivity index (χ4v) is 2.69. The van der Waals surface area contributed by atoms with Gasteiger partial charge >= 0.3 is 23.9 Å². The highest BCUT2D eigenvalue weighted by molar-refractivity contribution is 14.1. The number of amides is 1. The summed E-state index contributed by atoms with van der Waals surface area (Å²) in [5.41, 5.74) is 0.392. The molecule has 0 heterocycles. The van der Waals surface area contributed by atoms with Gasteiger partial charge in [-0.2, -0.15) is 0 Å². The molecule has 1 aromatic carbocycles. The number of benzene rings is 1. The fraction of sp³-hybridized carbons (Fsp3) is 0.421. The van der Waals surface area contributed by atoms with Gasteiger partial charge in [0.25, 0.3) is 5.91 Å². The third kappa shape index (κ3) is 9.20. The Bertz CT molecular complexity index is 794. The summed E-state index contributed by atoms with van der Waals surface area (Å²) in [4.78, 5) is 58.8. The van der Waals surface area contributed by atoms with Crippen molar-refractivity contribution < 1.29 is 42.9 Å². The third-order valence-electron chi connectivity index (χ3n) is 3.40. The van der Waals surface area contributed by atoms with Crippen LogP contribution in [0.3, 0.4) is 0 Å². The highest BCUT2D eigenvalue weighted by Gasteiger charge is 2.42. The number of nitrogens with one attached hydrogen (secondary N) is 1. The van der Waals surface area contributed by atoms with Crippen molar-refractivity contribution in [3.05, 3.63) is 27.8 Å².